The van der Waals surface area contributed by atoms with Gasteiger partial charge in [0, 0.05) is 24.0 Å². The molecule has 3 heterocycles. The van der Waals surface area contributed by atoms with Gasteiger partial charge in [-0.3, -0.25) is 9.59 Å². The van der Waals surface area contributed by atoms with Gasteiger partial charge >= 0.3 is 6.18 Å². The molecular formula is C19H13F3N6O2. The van der Waals surface area contributed by atoms with Gasteiger partial charge in [0.15, 0.2) is 11.3 Å². The van der Waals surface area contributed by atoms with E-state index in [1.54, 1.807) is 6.07 Å². The van der Waals surface area contributed by atoms with Crippen LogP contribution in [0, 0.1) is 6.92 Å². The highest BCUT2D eigenvalue weighted by molar-refractivity contribution is 6.02. The van der Waals surface area contributed by atoms with Crippen LogP contribution in [0.1, 0.15) is 21.7 Å². The predicted octanol–water partition coefficient (Wildman–Crippen LogP) is 2.85. The highest BCUT2D eigenvalue weighted by Crippen LogP contribution is 2.33. The molecule has 0 aliphatic carbocycles. The summed E-state index contributed by atoms with van der Waals surface area (Å²) in [6.07, 6.45) is -1.73. The van der Waals surface area contributed by atoms with E-state index in [4.69, 9.17) is 0 Å². The molecule has 0 aliphatic heterocycles. The van der Waals surface area contributed by atoms with Gasteiger partial charge in [0.1, 0.15) is 5.82 Å². The Bertz CT molecular complexity index is 1330. The molecule has 0 saturated heterocycles. The van der Waals surface area contributed by atoms with Crippen molar-refractivity contribution in [1.82, 2.24) is 24.4 Å². The fourth-order valence-corrected chi connectivity index (χ4v) is 2.95. The zero-order valence-electron chi connectivity index (χ0n) is 15.4. The molecule has 11 heteroatoms. The average molecular weight is 414 g/mol. The van der Waals surface area contributed by atoms with E-state index in [0.29, 0.717) is 5.65 Å². The van der Waals surface area contributed by atoms with Crippen molar-refractivity contribution < 1.29 is 18.0 Å². The summed E-state index contributed by atoms with van der Waals surface area (Å²) in [6.45, 7) is 1.43. The Labute approximate surface area is 166 Å². The third-order valence-electron chi connectivity index (χ3n) is 4.29. The van der Waals surface area contributed by atoms with Crippen LogP contribution in [0.15, 0.2) is 59.7 Å². The first kappa shape index (κ1) is 19.3. The number of amides is 1. The van der Waals surface area contributed by atoms with E-state index in [9.17, 15) is 22.8 Å². The van der Waals surface area contributed by atoms with Crippen molar-refractivity contribution in [2.75, 3.05) is 5.32 Å². The molecular weight excluding hydrogens is 401 g/mol. The lowest BCUT2D eigenvalue weighted by molar-refractivity contribution is -0.137. The van der Waals surface area contributed by atoms with Gasteiger partial charge in [-0.15, -0.1) is 0 Å². The van der Waals surface area contributed by atoms with Crippen molar-refractivity contribution in [1.29, 1.82) is 0 Å². The second kappa shape index (κ2) is 7.10. The number of anilines is 1. The Morgan fingerprint density at radius 2 is 1.87 bits per heavy atom. The molecule has 0 fully saturated rings. The number of aryl methyl sites for hydroxylation is 1. The van der Waals surface area contributed by atoms with Crippen molar-refractivity contribution in [2.24, 2.45) is 0 Å². The third kappa shape index (κ3) is 3.41. The summed E-state index contributed by atoms with van der Waals surface area (Å²) >= 11 is 0. The number of carbonyl (C=O) groups is 1. The minimum Gasteiger partial charge on any atom is -0.305 e. The zero-order chi connectivity index (χ0) is 21.5. The summed E-state index contributed by atoms with van der Waals surface area (Å²) in [4.78, 5) is 29.1. The molecule has 1 aromatic carbocycles. The van der Waals surface area contributed by atoms with Crippen LogP contribution in [0.5, 0.6) is 0 Å². The van der Waals surface area contributed by atoms with Crippen molar-refractivity contribution >= 4 is 17.4 Å². The van der Waals surface area contributed by atoms with Crippen LogP contribution in [0.2, 0.25) is 0 Å². The number of halogens is 3. The first-order valence-corrected chi connectivity index (χ1v) is 8.63. The molecule has 0 atom stereocenters. The number of hydrogen-bond acceptors (Lipinski definition) is 5. The Kier molecular flexibility index (Phi) is 4.57. The first-order chi connectivity index (χ1) is 14.3. The molecule has 3 aromatic heterocycles. The number of fused-ring (bicyclic) bond motifs is 1. The second-order valence-corrected chi connectivity index (χ2v) is 6.31. The average Bonchev–Trinajstić information content (AvgIpc) is 3.17. The monoisotopic (exact) mass is 414 g/mol. The van der Waals surface area contributed by atoms with Crippen LogP contribution in [0.3, 0.4) is 0 Å². The van der Waals surface area contributed by atoms with Crippen molar-refractivity contribution in [3.63, 3.8) is 0 Å². The number of nitrogens with zero attached hydrogens (tertiary/aromatic N) is 5. The summed E-state index contributed by atoms with van der Waals surface area (Å²) < 4.78 is 42.5. The molecule has 0 unspecified atom stereocenters. The molecule has 4 rings (SSSR count). The van der Waals surface area contributed by atoms with Gasteiger partial charge in [0.2, 0.25) is 5.43 Å². The Morgan fingerprint density at radius 1 is 1.10 bits per heavy atom. The smallest absolute Gasteiger partial charge is 0.305 e. The van der Waals surface area contributed by atoms with Crippen LogP contribution >= 0.6 is 0 Å². The van der Waals surface area contributed by atoms with Gasteiger partial charge in [-0.1, -0.05) is 12.1 Å². The van der Waals surface area contributed by atoms with Crippen molar-refractivity contribution in [2.45, 2.75) is 13.1 Å². The van der Waals surface area contributed by atoms with Gasteiger partial charge < -0.3 is 5.32 Å². The maximum absolute atomic E-state index is 13.4. The van der Waals surface area contributed by atoms with Gasteiger partial charge in [0.05, 0.1) is 17.4 Å². The number of hydrogen-bond donors (Lipinski definition) is 1. The Balaban J connectivity index is 1.79. The highest BCUT2D eigenvalue weighted by atomic mass is 19.4. The maximum Gasteiger partial charge on any atom is 0.418 e. The quantitative estimate of drug-likeness (QED) is 0.556. The summed E-state index contributed by atoms with van der Waals surface area (Å²) in [7, 11) is 0. The van der Waals surface area contributed by atoms with E-state index in [1.165, 1.54) is 48.1 Å². The van der Waals surface area contributed by atoms with E-state index < -0.39 is 28.8 Å². The highest BCUT2D eigenvalue weighted by Gasteiger charge is 2.34. The molecule has 8 nitrogen and oxygen atoms in total. The fraction of sp³-hybridized carbons (Fsp3) is 0.105. The molecule has 0 aliphatic rings. The number of carbonyl (C=O) groups excluding carboxylic acids is 1. The van der Waals surface area contributed by atoms with E-state index in [-0.39, 0.29) is 17.2 Å². The number of nitrogens with one attached hydrogen (secondary N) is 1. The number of rotatable bonds is 3. The largest absolute Gasteiger partial charge is 0.418 e. The third-order valence-corrected chi connectivity index (χ3v) is 4.29. The molecule has 1 N–H and O–H groups in total. The van der Waals surface area contributed by atoms with E-state index >= 15 is 0 Å². The number of benzene rings is 1. The van der Waals surface area contributed by atoms with Gasteiger partial charge in [-0.2, -0.15) is 27.9 Å². The number of alkyl halides is 3. The lowest BCUT2D eigenvalue weighted by Crippen LogP contribution is -2.28. The summed E-state index contributed by atoms with van der Waals surface area (Å²) in [5.41, 5.74) is -1.92. The lowest BCUT2D eigenvalue weighted by Gasteiger charge is -2.16. The SMILES string of the molecule is Cc1cc(=O)c(C(=O)Nc2ccnc3ccnn23)nn1-c1ccccc1C(F)(F)F. The van der Waals surface area contributed by atoms with Crippen molar-refractivity contribution in [3.05, 3.63) is 82.0 Å². The minimum atomic E-state index is -4.64. The molecule has 0 bridgehead atoms. The van der Waals surface area contributed by atoms with Crippen LogP contribution < -0.4 is 10.7 Å². The summed E-state index contributed by atoms with van der Waals surface area (Å²) in [5, 5.41) is 10.4. The van der Waals surface area contributed by atoms with Gasteiger partial charge in [-0.25, -0.2) is 9.67 Å². The van der Waals surface area contributed by atoms with Crippen molar-refractivity contribution in [3.8, 4) is 5.69 Å². The normalized spacial score (nSPS) is 11.6. The molecule has 0 radical (unpaired) electrons. The molecule has 0 saturated carbocycles. The molecule has 1 amide bonds. The van der Waals surface area contributed by atoms with Crippen LogP contribution in [0.25, 0.3) is 11.3 Å². The zero-order valence-corrected chi connectivity index (χ0v) is 15.4. The van der Waals surface area contributed by atoms with E-state index in [2.05, 4.69) is 20.5 Å². The molecule has 4 aromatic rings. The lowest BCUT2D eigenvalue weighted by atomic mass is 10.1. The van der Waals surface area contributed by atoms with E-state index in [0.717, 1.165) is 16.8 Å². The van der Waals surface area contributed by atoms with Gasteiger partial charge in [0.25, 0.3) is 5.91 Å². The fourth-order valence-electron chi connectivity index (χ4n) is 2.95. The topological polar surface area (TPSA) is 94.2 Å². The first-order valence-electron chi connectivity index (χ1n) is 8.63. The van der Waals surface area contributed by atoms with Crippen LogP contribution in [-0.2, 0) is 6.18 Å². The summed E-state index contributed by atoms with van der Waals surface area (Å²) in [5.74, 6) is -0.666. The molecule has 0 spiro atoms. The van der Waals surface area contributed by atoms with Crippen LogP contribution in [0.4, 0.5) is 19.0 Å². The molecule has 152 valence electrons. The summed E-state index contributed by atoms with van der Waals surface area (Å²) in [6, 6.07) is 8.91. The van der Waals surface area contributed by atoms with Gasteiger partial charge in [-0.05, 0) is 25.1 Å². The standard InChI is InChI=1S/C19H13F3N6O2/c1-11-10-14(29)17(18(30)25-16-6-8-23-15-7-9-24-28(15)16)26-27(11)13-5-3-2-4-12(13)19(20,21)22/h2-10H,1H3,(H,25,30). The maximum atomic E-state index is 13.4. The Hall–Kier alpha value is -4.02. The minimum absolute atomic E-state index is 0.145. The molecule has 30 heavy (non-hydrogen) atoms. The van der Waals surface area contributed by atoms with E-state index in [1.807, 2.05) is 0 Å². The number of aromatic nitrogens is 5. The Morgan fingerprint density at radius 3 is 2.63 bits per heavy atom. The second-order valence-electron chi connectivity index (χ2n) is 6.31. The predicted molar refractivity (Wildman–Crippen MR) is 101 cm³/mol. The number of para-hydroxylation sites is 1. The van der Waals surface area contributed by atoms with Crippen LogP contribution in [-0.4, -0.2) is 30.3 Å².